The zero-order valence-corrected chi connectivity index (χ0v) is 18.9. The van der Waals surface area contributed by atoms with Crippen LogP contribution in [-0.4, -0.2) is 53.8 Å². The van der Waals surface area contributed by atoms with E-state index in [0.717, 1.165) is 24.0 Å². The number of hydrogen-bond acceptors (Lipinski definition) is 7. The first kappa shape index (κ1) is 23.1. The summed E-state index contributed by atoms with van der Waals surface area (Å²) in [6.45, 7) is 8.64. The summed E-state index contributed by atoms with van der Waals surface area (Å²) in [5.74, 6) is 0.881. The van der Waals surface area contributed by atoms with Gasteiger partial charge in [0.1, 0.15) is 0 Å². The van der Waals surface area contributed by atoms with Gasteiger partial charge < -0.3 is 14.8 Å². The minimum atomic E-state index is -0.152. The molecule has 3 heterocycles. The standard InChI is InChI=1S/C23H33N5O3/c1-5-11-31-12-10-28-19-13-18(17-6-7-20(30-4)25-14-17)15-26-21(19)27-22(23(28)29)24-9-8-16(2)3/h6,13-16,20H,5,7-12H2,1-4H3,(H,24,26,27). The predicted molar refractivity (Wildman–Crippen MR) is 125 cm³/mol. The number of aromatic nitrogens is 3. The molecule has 8 nitrogen and oxygen atoms in total. The average Bonchev–Trinajstić information content (AvgIpc) is 2.78. The largest absolute Gasteiger partial charge is 0.380 e. The minimum absolute atomic E-state index is 0.146. The van der Waals surface area contributed by atoms with Crippen LogP contribution in [0, 0.1) is 5.92 Å². The van der Waals surface area contributed by atoms with E-state index in [-0.39, 0.29) is 11.8 Å². The first-order valence-corrected chi connectivity index (χ1v) is 11.0. The number of allylic oxidation sites excluding steroid dienone is 1. The second-order valence-corrected chi connectivity index (χ2v) is 8.07. The van der Waals surface area contributed by atoms with E-state index in [0.29, 0.717) is 55.6 Å². The maximum Gasteiger partial charge on any atom is 0.293 e. The third-order valence-electron chi connectivity index (χ3n) is 5.15. The zero-order chi connectivity index (χ0) is 22.2. The van der Waals surface area contributed by atoms with Gasteiger partial charge in [-0.05, 0) is 30.4 Å². The monoisotopic (exact) mass is 427 g/mol. The van der Waals surface area contributed by atoms with Crippen molar-refractivity contribution in [1.29, 1.82) is 0 Å². The smallest absolute Gasteiger partial charge is 0.293 e. The molecular weight excluding hydrogens is 394 g/mol. The van der Waals surface area contributed by atoms with Crippen LogP contribution in [0.2, 0.25) is 0 Å². The molecule has 168 valence electrons. The Hall–Kier alpha value is -2.58. The first-order chi connectivity index (χ1) is 15.0. The van der Waals surface area contributed by atoms with Crippen LogP contribution >= 0.6 is 0 Å². The maximum absolute atomic E-state index is 13.2. The summed E-state index contributed by atoms with van der Waals surface area (Å²) in [4.78, 5) is 26.7. The molecule has 1 aliphatic heterocycles. The van der Waals surface area contributed by atoms with Gasteiger partial charge >= 0.3 is 0 Å². The Bertz CT molecular complexity index is 997. The number of dihydropyridines is 1. The van der Waals surface area contributed by atoms with E-state index in [1.54, 1.807) is 24.1 Å². The summed E-state index contributed by atoms with van der Waals surface area (Å²) in [5, 5.41) is 3.20. The molecule has 8 heteroatoms. The maximum atomic E-state index is 13.2. The molecule has 0 saturated carbocycles. The van der Waals surface area contributed by atoms with Gasteiger partial charge in [0, 0.05) is 51.2 Å². The van der Waals surface area contributed by atoms with Crippen LogP contribution in [-0.2, 0) is 16.0 Å². The molecule has 1 aliphatic rings. The summed E-state index contributed by atoms with van der Waals surface area (Å²) in [5.41, 5.74) is 2.94. The molecule has 0 spiro atoms. The van der Waals surface area contributed by atoms with E-state index in [1.807, 2.05) is 6.07 Å². The van der Waals surface area contributed by atoms with Crippen molar-refractivity contribution in [2.24, 2.45) is 10.9 Å². The molecule has 0 bridgehead atoms. The molecule has 1 atom stereocenters. The number of nitrogens with one attached hydrogen (secondary N) is 1. The summed E-state index contributed by atoms with van der Waals surface area (Å²) in [6.07, 6.45) is 8.10. The van der Waals surface area contributed by atoms with Crippen LogP contribution in [0.3, 0.4) is 0 Å². The quantitative estimate of drug-likeness (QED) is 0.552. The Morgan fingerprint density at radius 2 is 2.16 bits per heavy atom. The lowest BCUT2D eigenvalue weighted by Gasteiger charge is -2.16. The van der Waals surface area contributed by atoms with Gasteiger partial charge in [-0.25, -0.2) is 9.97 Å². The van der Waals surface area contributed by atoms with Gasteiger partial charge in [0.2, 0.25) is 0 Å². The van der Waals surface area contributed by atoms with E-state index >= 15 is 0 Å². The van der Waals surface area contributed by atoms with Gasteiger partial charge in [0.25, 0.3) is 5.56 Å². The van der Waals surface area contributed by atoms with Crippen molar-refractivity contribution in [2.75, 3.05) is 32.2 Å². The number of hydrogen-bond donors (Lipinski definition) is 1. The Labute approximate surface area is 183 Å². The number of aliphatic imine (C=N–C) groups is 1. The molecule has 2 aromatic rings. The van der Waals surface area contributed by atoms with E-state index in [2.05, 4.69) is 47.1 Å². The summed E-state index contributed by atoms with van der Waals surface area (Å²) >= 11 is 0. The van der Waals surface area contributed by atoms with Crippen molar-refractivity contribution >= 4 is 28.8 Å². The van der Waals surface area contributed by atoms with Crippen LogP contribution in [0.5, 0.6) is 0 Å². The van der Waals surface area contributed by atoms with Crippen molar-refractivity contribution in [1.82, 2.24) is 14.5 Å². The number of fused-ring (bicyclic) bond motifs is 1. The lowest BCUT2D eigenvalue weighted by Crippen LogP contribution is -2.28. The molecule has 0 aromatic carbocycles. The molecule has 1 unspecified atom stereocenters. The zero-order valence-electron chi connectivity index (χ0n) is 18.9. The topological polar surface area (TPSA) is 90.6 Å². The molecule has 0 amide bonds. The predicted octanol–water partition coefficient (Wildman–Crippen LogP) is 3.51. The lowest BCUT2D eigenvalue weighted by molar-refractivity contribution is 0.113. The van der Waals surface area contributed by atoms with E-state index in [4.69, 9.17) is 9.47 Å². The first-order valence-electron chi connectivity index (χ1n) is 11.0. The highest BCUT2D eigenvalue weighted by Gasteiger charge is 2.15. The molecule has 0 saturated heterocycles. The summed E-state index contributed by atoms with van der Waals surface area (Å²) in [7, 11) is 1.65. The Kier molecular flexibility index (Phi) is 8.31. The molecular formula is C23H33N5O3. The highest BCUT2D eigenvalue weighted by atomic mass is 16.5. The fourth-order valence-electron chi connectivity index (χ4n) is 3.35. The number of ether oxygens (including phenoxy) is 2. The molecule has 1 N–H and O–H groups in total. The van der Waals surface area contributed by atoms with Crippen LogP contribution < -0.4 is 10.9 Å². The molecule has 31 heavy (non-hydrogen) atoms. The number of nitrogens with zero attached hydrogens (tertiary/aromatic N) is 4. The van der Waals surface area contributed by atoms with E-state index in [9.17, 15) is 4.79 Å². The number of anilines is 1. The number of rotatable bonds is 11. The van der Waals surface area contributed by atoms with E-state index < -0.39 is 0 Å². The van der Waals surface area contributed by atoms with Gasteiger partial charge in [0.15, 0.2) is 17.7 Å². The Morgan fingerprint density at radius 1 is 1.32 bits per heavy atom. The van der Waals surface area contributed by atoms with Crippen LogP contribution in [0.15, 0.2) is 28.1 Å². The van der Waals surface area contributed by atoms with Crippen molar-refractivity contribution < 1.29 is 9.47 Å². The third-order valence-corrected chi connectivity index (χ3v) is 5.15. The van der Waals surface area contributed by atoms with Gasteiger partial charge in [-0.3, -0.25) is 14.4 Å². The Balaban J connectivity index is 1.95. The molecule has 0 radical (unpaired) electrons. The second-order valence-electron chi connectivity index (χ2n) is 8.07. The van der Waals surface area contributed by atoms with Crippen molar-refractivity contribution in [3.63, 3.8) is 0 Å². The fraction of sp³-hybridized carbons (Fsp3) is 0.565. The lowest BCUT2D eigenvalue weighted by atomic mass is 10.1. The molecule has 0 aliphatic carbocycles. The number of methoxy groups -OCH3 is 1. The van der Waals surface area contributed by atoms with Gasteiger partial charge in [-0.1, -0.05) is 26.8 Å². The Morgan fingerprint density at radius 3 is 2.84 bits per heavy atom. The molecule has 3 rings (SSSR count). The third kappa shape index (κ3) is 5.98. The SMILES string of the molecule is CCCOCCn1c(=O)c(NCCC(C)C)nc2ncc(C3=CCC(OC)N=C3)cc21. The average molecular weight is 428 g/mol. The van der Waals surface area contributed by atoms with Gasteiger partial charge in [-0.15, -0.1) is 0 Å². The van der Waals surface area contributed by atoms with Crippen molar-refractivity contribution in [2.45, 2.75) is 52.8 Å². The van der Waals surface area contributed by atoms with Crippen molar-refractivity contribution in [3.8, 4) is 0 Å². The highest BCUT2D eigenvalue weighted by molar-refractivity contribution is 6.10. The van der Waals surface area contributed by atoms with E-state index in [1.165, 1.54) is 0 Å². The molecule has 0 fully saturated rings. The number of pyridine rings is 1. The fourth-order valence-corrected chi connectivity index (χ4v) is 3.35. The highest BCUT2D eigenvalue weighted by Crippen LogP contribution is 2.21. The van der Waals surface area contributed by atoms with Gasteiger partial charge in [-0.2, -0.15) is 0 Å². The van der Waals surface area contributed by atoms with Crippen LogP contribution in [0.1, 0.15) is 45.6 Å². The normalized spacial score (nSPS) is 16.2. The van der Waals surface area contributed by atoms with Gasteiger partial charge in [0.05, 0.1) is 12.1 Å². The minimum Gasteiger partial charge on any atom is -0.380 e. The second kappa shape index (κ2) is 11.2. The molecule has 2 aromatic heterocycles. The van der Waals surface area contributed by atoms with Crippen LogP contribution in [0.25, 0.3) is 16.7 Å². The van der Waals surface area contributed by atoms with Crippen LogP contribution in [0.4, 0.5) is 5.82 Å². The summed E-state index contributed by atoms with van der Waals surface area (Å²) < 4.78 is 12.6. The summed E-state index contributed by atoms with van der Waals surface area (Å²) in [6, 6.07) is 1.96. The van der Waals surface area contributed by atoms with Crippen molar-refractivity contribution in [3.05, 3.63) is 34.3 Å².